The monoisotopic (exact) mass is 346 g/mol. The van der Waals surface area contributed by atoms with Crippen molar-refractivity contribution in [3.63, 3.8) is 0 Å². The SMILES string of the molecule is CN=C(NCCC(=O)NC1CCCCC1)NCc1ccc(OC)cc1. The van der Waals surface area contributed by atoms with Gasteiger partial charge in [0.2, 0.25) is 5.91 Å². The van der Waals surface area contributed by atoms with Crippen LogP contribution in [-0.2, 0) is 11.3 Å². The fourth-order valence-electron chi connectivity index (χ4n) is 2.99. The van der Waals surface area contributed by atoms with Gasteiger partial charge in [-0.1, -0.05) is 31.4 Å². The highest BCUT2D eigenvalue weighted by Crippen LogP contribution is 2.17. The normalized spacial score (nSPS) is 15.5. The number of amides is 1. The molecule has 0 aromatic heterocycles. The Morgan fingerprint density at radius 1 is 1.16 bits per heavy atom. The summed E-state index contributed by atoms with van der Waals surface area (Å²) < 4.78 is 5.15. The molecule has 0 spiro atoms. The number of hydrogen-bond acceptors (Lipinski definition) is 3. The zero-order chi connectivity index (χ0) is 17.9. The first-order valence-electron chi connectivity index (χ1n) is 9.08. The molecule has 1 aromatic carbocycles. The summed E-state index contributed by atoms with van der Waals surface area (Å²) in [6.07, 6.45) is 6.44. The van der Waals surface area contributed by atoms with Gasteiger partial charge in [-0.3, -0.25) is 9.79 Å². The smallest absolute Gasteiger partial charge is 0.221 e. The number of ether oxygens (including phenoxy) is 1. The molecule has 1 saturated carbocycles. The minimum Gasteiger partial charge on any atom is -0.497 e. The number of methoxy groups -OCH3 is 1. The minimum absolute atomic E-state index is 0.116. The van der Waals surface area contributed by atoms with Gasteiger partial charge in [0.05, 0.1) is 7.11 Å². The third kappa shape index (κ3) is 7.03. The number of carbonyl (C=O) groups is 1. The van der Waals surface area contributed by atoms with Crippen molar-refractivity contribution in [1.82, 2.24) is 16.0 Å². The van der Waals surface area contributed by atoms with Crippen LogP contribution in [0.4, 0.5) is 0 Å². The van der Waals surface area contributed by atoms with Crippen LogP contribution in [0.5, 0.6) is 5.75 Å². The third-order valence-electron chi connectivity index (χ3n) is 4.46. The van der Waals surface area contributed by atoms with Gasteiger partial charge in [0, 0.05) is 32.6 Å². The summed E-state index contributed by atoms with van der Waals surface area (Å²) in [4.78, 5) is 16.2. The predicted octanol–water partition coefficient (Wildman–Crippen LogP) is 2.20. The minimum atomic E-state index is 0.116. The zero-order valence-electron chi connectivity index (χ0n) is 15.3. The van der Waals surface area contributed by atoms with E-state index in [1.54, 1.807) is 14.2 Å². The quantitative estimate of drug-likeness (QED) is 0.523. The van der Waals surface area contributed by atoms with Gasteiger partial charge in [-0.15, -0.1) is 0 Å². The number of carbonyl (C=O) groups excluding carboxylic acids is 1. The van der Waals surface area contributed by atoms with Gasteiger partial charge in [0.25, 0.3) is 0 Å². The maximum absolute atomic E-state index is 12.0. The van der Waals surface area contributed by atoms with Gasteiger partial charge in [0.15, 0.2) is 5.96 Å². The lowest BCUT2D eigenvalue weighted by Gasteiger charge is -2.22. The molecule has 0 saturated heterocycles. The van der Waals surface area contributed by atoms with Crippen LogP contribution in [0.25, 0.3) is 0 Å². The van der Waals surface area contributed by atoms with Gasteiger partial charge in [-0.05, 0) is 30.5 Å². The molecule has 1 aliphatic carbocycles. The number of aliphatic imine (C=N–C) groups is 1. The molecule has 0 unspecified atom stereocenters. The van der Waals surface area contributed by atoms with E-state index in [0.717, 1.165) is 24.2 Å². The van der Waals surface area contributed by atoms with Crippen molar-refractivity contribution in [2.75, 3.05) is 20.7 Å². The molecule has 0 radical (unpaired) electrons. The highest BCUT2D eigenvalue weighted by atomic mass is 16.5. The maximum Gasteiger partial charge on any atom is 0.221 e. The van der Waals surface area contributed by atoms with Crippen LogP contribution in [0.2, 0.25) is 0 Å². The average molecular weight is 346 g/mol. The first-order valence-corrected chi connectivity index (χ1v) is 9.08. The number of nitrogens with zero attached hydrogens (tertiary/aromatic N) is 1. The Kier molecular flexibility index (Phi) is 8.09. The summed E-state index contributed by atoms with van der Waals surface area (Å²) in [5.41, 5.74) is 1.14. The van der Waals surface area contributed by atoms with E-state index in [1.807, 2.05) is 24.3 Å². The molecule has 0 atom stereocenters. The first-order chi connectivity index (χ1) is 12.2. The fraction of sp³-hybridized carbons (Fsp3) is 0.579. The molecule has 25 heavy (non-hydrogen) atoms. The van der Waals surface area contributed by atoms with Gasteiger partial charge in [-0.25, -0.2) is 0 Å². The molecular weight excluding hydrogens is 316 g/mol. The Labute approximate surface area is 150 Å². The fourth-order valence-corrected chi connectivity index (χ4v) is 2.99. The second kappa shape index (κ2) is 10.6. The van der Waals surface area contributed by atoms with Crippen molar-refractivity contribution >= 4 is 11.9 Å². The molecule has 1 aromatic rings. The van der Waals surface area contributed by atoms with Crippen LogP contribution in [0, 0.1) is 0 Å². The number of guanidine groups is 1. The van der Waals surface area contributed by atoms with Crippen LogP contribution < -0.4 is 20.7 Å². The van der Waals surface area contributed by atoms with E-state index in [2.05, 4.69) is 20.9 Å². The highest BCUT2D eigenvalue weighted by molar-refractivity contribution is 5.81. The van der Waals surface area contributed by atoms with Crippen molar-refractivity contribution in [2.24, 2.45) is 4.99 Å². The molecule has 0 aliphatic heterocycles. The van der Waals surface area contributed by atoms with Gasteiger partial charge < -0.3 is 20.7 Å². The molecule has 0 heterocycles. The Balaban J connectivity index is 1.64. The Bertz CT molecular complexity index is 551. The molecule has 0 bridgehead atoms. The van der Waals surface area contributed by atoms with E-state index < -0.39 is 0 Å². The molecule has 1 amide bonds. The predicted molar refractivity (Wildman–Crippen MR) is 101 cm³/mol. The topological polar surface area (TPSA) is 74.8 Å². The van der Waals surface area contributed by atoms with Crippen LogP contribution >= 0.6 is 0 Å². The summed E-state index contributed by atoms with van der Waals surface area (Å²) in [5, 5.41) is 9.56. The summed E-state index contributed by atoms with van der Waals surface area (Å²) >= 11 is 0. The average Bonchev–Trinajstić information content (AvgIpc) is 2.65. The van der Waals surface area contributed by atoms with Crippen molar-refractivity contribution in [2.45, 2.75) is 51.1 Å². The van der Waals surface area contributed by atoms with Crippen molar-refractivity contribution in [3.8, 4) is 5.75 Å². The van der Waals surface area contributed by atoms with E-state index in [1.165, 1.54) is 19.3 Å². The summed E-state index contributed by atoms with van der Waals surface area (Å²) in [6, 6.07) is 8.26. The van der Waals surface area contributed by atoms with E-state index >= 15 is 0 Å². The molecule has 1 fully saturated rings. The van der Waals surface area contributed by atoms with E-state index in [9.17, 15) is 4.79 Å². The van der Waals surface area contributed by atoms with E-state index in [4.69, 9.17) is 4.74 Å². The molecule has 3 N–H and O–H groups in total. The Morgan fingerprint density at radius 2 is 1.88 bits per heavy atom. The van der Waals surface area contributed by atoms with Crippen LogP contribution in [0.15, 0.2) is 29.3 Å². The lowest BCUT2D eigenvalue weighted by atomic mass is 9.95. The lowest BCUT2D eigenvalue weighted by Crippen LogP contribution is -2.41. The van der Waals surface area contributed by atoms with E-state index in [0.29, 0.717) is 31.5 Å². The molecular formula is C19H30N4O2. The third-order valence-corrected chi connectivity index (χ3v) is 4.46. The number of hydrogen-bond donors (Lipinski definition) is 3. The van der Waals surface area contributed by atoms with Crippen molar-refractivity contribution in [1.29, 1.82) is 0 Å². The lowest BCUT2D eigenvalue weighted by molar-refractivity contribution is -0.121. The van der Waals surface area contributed by atoms with Crippen LogP contribution in [-0.4, -0.2) is 38.6 Å². The second-order valence-corrected chi connectivity index (χ2v) is 6.35. The molecule has 1 aliphatic rings. The molecule has 6 heteroatoms. The van der Waals surface area contributed by atoms with Crippen LogP contribution in [0.1, 0.15) is 44.1 Å². The summed E-state index contributed by atoms with van der Waals surface area (Å²) in [7, 11) is 3.38. The van der Waals surface area contributed by atoms with Crippen molar-refractivity contribution < 1.29 is 9.53 Å². The number of nitrogens with one attached hydrogen (secondary N) is 3. The largest absolute Gasteiger partial charge is 0.497 e. The highest BCUT2D eigenvalue weighted by Gasteiger charge is 2.15. The number of benzene rings is 1. The number of rotatable bonds is 7. The van der Waals surface area contributed by atoms with Crippen molar-refractivity contribution in [3.05, 3.63) is 29.8 Å². The zero-order valence-corrected chi connectivity index (χ0v) is 15.3. The van der Waals surface area contributed by atoms with E-state index in [-0.39, 0.29) is 5.91 Å². The molecule has 138 valence electrons. The maximum atomic E-state index is 12.0. The Morgan fingerprint density at radius 3 is 2.52 bits per heavy atom. The molecule has 6 nitrogen and oxygen atoms in total. The van der Waals surface area contributed by atoms with Gasteiger partial charge in [-0.2, -0.15) is 0 Å². The molecule has 2 rings (SSSR count). The van der Waals surface area contributed by atoms with Crippen LogP contribution in [0.3, 0.4) is 0 Å². The Hall–Kier alpha value is -2.24. The summed E-state index contributed by atoms with van der Waals surface area (Å²) in [5.74, 6) is 1.65. The van der Waals surface area contributed by atoms with Gasteiger partial charge >= 0.3 is 0 Å². The first kappa shape index (κ1) is 19.1. The summed E-state index contributed by atoms with van der Waals surface area (Å²) in [6.45, 7) is 1.23. The standard InChI is InChI=1S/C19H30N4O2/c1-20-19(22-14-15-8-10-17(25-2)11-9-15)21-13-12-18(24)23-16-6-4-3-5-7-16/h8-11,16H,3-7,12-14H2,1-2H3,(H,23,24)(H2,20,21,22). The van der Waals surface area contributed by atoms with Gasteiger partial charge in [0.1, 0.15) is 5.75 Å². The second-order valence-electron chi connectivity index (χ2n) is 6.35.